The van der Waals surface area contributed by atoms with Gasteiger partial charge in [0, 0.05) is 7.05 Å². The highest BCUT2D eigenvalue weighted by Gasteiger charge is 2.19. The molecule has 0 aliphatic heterocycles. The zero-order valence-corrected chi connectivity index (χ0v) is 10.6. The van der Waals surface area contributed by atoms with Crippen LogP contribution < -0.4 is 5.48 Å². The molecule has 0 aliphatic rings. The van der Waals surface area contributed by atoms with Crippen LogP contribution in [0, 0.1) is 0 Å². The van der Waals surface area contributed by atoms with Gasteiger partial charge in [-0.05, 0) is 6.92 Å². The normalized spacial score (nSPS) is 10.2. The van der Waals surface area contributed by atoms with E-state index in [1.807, 2.05) is 0 Å². The molecule has 1 N–H and O–H groups in total. The number of hydrogen-bond acceptors (Lipinski definition) is 4. The third-order valence-electron chi connectivity index (χ3n) is 1.68. The standard InChI is InChI=1S/C9H12ClN3O2S/c1-5(2)4-15-12-8(14)6-7(10)11-13(3)9(6)16/h16H,1,4H2,2-3H3,(H,12,14). The summed E-state index contributed by atoms with van der Waals surface area (Å²) in [6, 6.07) is 0. The topological polar surface area (TPSA) is 56.1 Å². The Morgan fingerprint density at radius 1 is 1.75 bits per heavy atom. The van der Waals surface area contributed by atoms with E-state index in [0.29, 0.717) is 5.03 Å². The van der Waals surface area contributed by atoms with Crippen molar-refractivity contribution < 1.29 is 9.63 Å². The number of nitrogens with zero attached hydrogens (tertiary/aromatic N) is 2. The van der Waals surface area contributed by atoms with Crippen molar-refractivity contribution in [1.29, 1.82) is 0 Å². The van der Waals surface area contributed by atoms with Crippen molar-refractivity contribution in [2.75, 3.05) is 6.61 Å². The summed E-state index contributed by atoms with van der Waals surface area (Å²) in [7, 11) is 1.64. The van der Waals surface area contributed by atoms with Crippen molar-refractivity contribution in [1.82, 2.24) is 15.3 Å². The Labute approximate surface area is 104 Å². The highest BCUT2D eigenvalue weighted by atomic mass is 35.5. The summed E-state index contributed by atoms with van der Waals surface area (Å²) >= 11 is 9.89. The fourth-order valence-corrected chi connectivity index (χ4v) is 1.56. The number of rotatable bonds is 4. The third kappa shape index (κ3) is 3.01. The Hall–Kier alpha value is -0.980. The Morgan fingerprint density at radius 2 is 2.38 bits per heavy atom. The average molecular weight is 262 g/mol. The quantitative estimate of drug-likeness (QED) is 0.492. The van der Waals surface area contributed by atoms with Crippen molar-refractivity contribution in [3.05, 3.63) is 22.9 Å². The summed E-state index contributed by atoms with van der Waals surface area (Å²) in [6.45, 7) is 5.66. The minimum absolute atomic E-state index is 0.0870. The van der Waals surface area contributed by atoms with E-state index in [2.05, 4.69) is 29.8 Å². The van der Waals surface area contributed by atoms with Crippen LogP contribution in [0.5, 0.6) is 0 Å². The number of thiol groups is 1. The minimum Gasteiger partial charge on any atom is -0.269 e. The largest absolute Gasteiger partial charge is 0.280 e. The Morgan fingerprint density at radius 3 is 2.81 bits per heavy atom. The van der Waals surface area contributed by atoms with Crippen LogP contribution in [-0.4, -0.2) is 22.3 Å². The Bertz CT molecular complexity index is 431. The van der Waals surface area contributed by atoms with Gasteiger partial charge in [0.2, 0.25) is 0 Å². The highest BCUT2D eigenvalue weighted by Crippen LogP contribution is 2.21. The zero-order valence-electron chi connectivity index (χ0n) is 8.95. The summed E-state index contributed by atoms with van der Waals surface area (Å²) < 4.78 is 1.40. The SMILES string of the molecule is C=C(C)CONC(=O)c1c(Cl)nn(C)c1S. The van der Waals surface area contributed by atoms with Gasteiger partial charge < -0.3 is 0 Å². The molecule has 0 saturated carbocycles. The van der Waals surface area contributed by atoms with Crippen molar-refractivity contribution >= 4 is 30.1 Å². The molecule has 1 aromatic heterocycles. The van der Waals surface area contributed by atoms with E-state index in [1.54, 1.807) is 14.0 Å². The molecular formula is C9H12ClN3O2S. The van der Waals surface area contributed by atoms with Crippen molar-refractivity contribution in [3.8, 4) is 0 Å². The number of nitrogens with one attached hydrogen (secondary N) is 1. The van der Waals surface area contributed by atoms with Gasteiger partial charge in [-0.2, -0.15) is 5.10 Å². The Kier molecular flexibility index (Phi) is 4.40. The maximum Gasteiger partial charge on any atom is 0.280 e. The van der Waals surface area contributed by atoms with Gasteiger partial charge in [0.1, 0.15) is 10.6 Å². The maximum absolute atomic E-state index is 11.6. The van der Waals surface area contributed by atoms with Gasteiger partial charge in [0.15, 0.2) is 5.15 Å². The molecule has 1 aromatic rings. The van der Waals surface area contributed by atoms with E-state index in [4.69, 9.17) is 16.4 Å². The smallest absolute Gasteiger partial charge is 0.269 e. The molecule has 1 amide bonds. The van der Waals surface area contributed by atoms with E-state index in [-0.39, 0.29) is 17.3 Å². The number of hydrogen-bond donors (Lipinski definition) is 2. The lowest BCUT2D eigenvalue weighted by Gasteiger charge is -2.04. The lowest BCUT2D eigenvalue weighted by atomic mass is 10.3. The summed E-state index contributed by atoms with van der Waals surface area (Å²) in [6.07, 6.45) is 0. The molecule has 0 aromatic carbocycles. The minimum atomic E-state index is -0.482. The fraction of sp³-hybridized carbons (Fsp3) is 0.333. The molecule has 0 unspecified atom stereocenters. The van der Waals surface area contributed by atoms with Crippen LogP contribution in [0.15, 0.2) is 17.2 Å². The molecule has 0 fully saturated rings. The first-order valence-electron chi connectivity index (χ1n) is 4.41. The number of aryl methyl sites for hydroxylation is 1. The van der Waals surface area contributed by atoms with Crippen LogP contribution in [0.3, 0.4) is 0 Å². The van der Waals surface area contributed by atoms with Crippen LogP contribution in [0.25, 0.3) is 0 Å². The Balaban J connectivity index is 2.70. The molecule has 0 radical (unpaired) electrons. The lowest BCUT2D eigenvalue weighted by Crippen LogP contribution is -2.24. The van der Waals surface area contributed by atoms with E-state index >= 15 is 0 Å². The average Bonchev–Trinajstić information content (AvgIpc) is 2.40. The van der Waals surface area contributed by atoms with Crippen molar-refractivity contribution in [3.63, 3.8) is 0 Å². The first kappa shape index (κ1) is 13.1. The molecule has 0 aliphatic carbocycles. The predicted molar refractivity (Wildman–Crippen MR) is 63.7 cm³/mol. The second kappa shape index (κ2) is 5.38. The fourth-order valence-electron chi connectivity index (χ4n) is 0.954. The van der Waals surface area contributed by atoms with Crippen LogP contribution >= 0.6 is 24.2 Å². The number of amides is 1. The first-order chi connectivity index (χ1) is 7.43. The van der Waals surface area contributed by atoms with E-state index < -0.39 is 5.91 Å². The summed E-state index contributed by atoms with van der Waals surface area (Å²) in [5, 5.41) is 4.31. The van der Waals surface area contributed by atoms with Gasteiger partial charge in [0.25, 0.3) is 5.91 Å². The van der Waals surface area contributed by atoms with Gasteiger partial charge >= 0.3 is 0 Å². The van der Waals surface area contributed by atoms with Gasteiger partial charge in [-0.25, -0.2) is 5.48 Å². The summed E-state index contributed by atoms with van der Waals surface area (Å²) in [5.74, 6) is -0.482. The number of aromatic nitrogens is 2. The molecule has 1 heterocycles. The van der Waals surface area contributed by atoms with Gasteiger partial charge in [-0.1, -0.05) is 23.8 Å². The second-order valence-corrected chi connectivity index (χ2v) is 4.07. The molecule has 1 rings (SSSR count). The molecule has 0 spiro atoms. The third-order valence-corrected chi connectivity index (χ3v) is 2.46. The van der Waals surface area contributed by atoms with Crippen LogP contribution in [-0.2, 0) is 11.9 Å². The van der Waals surface area contributed by atoms with Gasteiger partial charge in [-0.15, -0.1) is 12.6 Å². The van der Waals surface area contributed by atoms with Crippen LogP contribution in [0.2, 0.25) is 5.15 Å². The maximum atomic E-state index is 11.6. The van der Waals surface area contributed by atoms with Gasteiger partial charge in [0.05, 0.1) is 6.61 Å². The molecule has 88 valence electrons. The molecule has 16 heavy (non-hydrogen) atoms. The van der Waals surface area contributed by atoms with Crippen LogP contribution in [0.1, 0.15) is 17.3 Å². The molecule has 0 saturated heterocycles. The summed E-state index contributed by atoms with van der Waals surface area (Å²) in [4.78, 5) is 16.5. The molecule has 0 atom stereocenters. The summed E-state index contributed by atoms with van der Waals surface area (Å²) in [5.41, 5.74) is 3.22. The number of carbonyl (C=O) groups is 1. The zero-order chi connectivity index (χ0) is 12.3. The van der Waals surface area contributed by atoms with Crippen molar-refractivity contribution in [2.45, 2.75) is 11.9 Å². The van der Waals surface area contributed by atoms with E-state index in [0.717, 1.165) is 5.57 Å². The number of hydroxylamine groups is 1. The van der Waals surface area contributed by atoms with E-state index in [1.165, 1.54) is 4.68 Å². The first-order valence-corrected chi connectivity index (χ1v) is 5.24. The second-order valence-electron chi connectivity index (χ2n) is 3.29. The van der Waals surface area contributed by atoms with Crippen molar-refractivity contribution in [2.24, 2.45) is 7.05 Å². The highest BCUT2D eigenvalue weighted by molar-refractivity contribution is 7.80. The molecule has 5 nitrogen and oxygen atoms in total. The van der Waals surface area contributed by atoms with Gasteiger partial charge in [-0.3, -0.25) is 14.3 Å². The lowest BCUT2D eigenvalue weighted by molar-refractivity contribution is 0.0398. The molecular weight excluding hydrogens is 250 g/mol. The van der Waals surface area contributed by atoms with Crippen LogP contribution in [0.4, 0.5) is 0 Å². The number of carbonyl (C=O) groups excluding carboxylic acids is 1. The monoisotopic (exact) mass is 261 g/mol. The number of halogens is 1. The molecule has 0 bridgehead atoms. The molecule has 7 heteroatoms. The van der Waals surface area contributed by atoms with E-state index in [9.17, 15) is 4.79 Å². The predicted octanol–water partition coefficient (Wildman–Crippen LogP) is 1.60.